The van der Waals surface area contributed by atoms with Crippen LogP contribution in [0.4, 0.5) is 26.3 Å². The highest BCUT2D eigenvalue weighted by atomic mass is 19.4. The number of likely N-dealkylation sites (N-methyl/N-ethyl adjacent to an activating group) is 2. The number of alkyl halides is 6. The molecular weight excluding hydrogens is 624 g/mol. The van der Waals surface area contributed by atoms with Gasteiger partial charge in [-0.3, -0.25) is 4.90 Å². The number of ether oxygens (including phenoxy) is 1. The summed E-state index contributed by atoms with van der Waals surface area (Å²) in [7, 11) is 3.22. The molecule has 266 valence electrons. The second-order valence-corrected chi connectivity index (χ2v) is 11.0. The van der Waals surface area contributed by atoms with Crippen molar-refractivity contribution in [3.63, 3.8) is 0 Å². The average Bonchev–Trinajstić information content (AvgIpc) is 2.98. The molecule has 0 bridgehead atoms. The fourth-order valence-electron chi connectivity index (χ4n) is 4.84. The van der Waals surface area contributed by atoms with Crippen LogP contribution in [0.3, 0.4) is 0 Å². The molecule has 0 spiro atoms. The van der Waals surface area contributed by atoms with Crippen molar-refractivity contribution < 1.29 is 31.1 Å². The average molecular weight is 676 g/mol. The third-order valence-corrected chi connectivity index (χ3v) is 7.11. The topological polar surface area (TPSA) is 95.4 Å². The van der Waals surface area contributed by atoms with E-state index in [9.17, 15) is 26.3 Å². The van der Waals surface area contributed by atoms with E-state index in [1.54, 1.807) is 6.08 Å². The summed E-state index contributed by atoms with van der Waals surface area (Å²) < 4.78 is 87.6. The molecule has 0 saturated heterocycles. The van der Waals surface area contributed by atoms with Crippen molar-refractivity contribution in [3.8, 4) is 0 Å². The van der Waals surface area contributed by atoms with Crippen LogP contribution in [0.2, 0.25) is 0 Å². The molecule has 0 fully saturated rings. The van der Waals surface area contributed by atoms with Crippen LogP contribution < -0.4 is 16.9 Å². The minimum Gasteiger partial charge on any atom is -0.388 e. The highest BCUT2D eigenvalue weighted by molar-refractivity contribution is 5.78. The van der Waals surface area contributed by atoms with E-state index < -0.39 is 30.0 Å². The number of hydrazine groups is 1. The molecule has 1 aromatic carbocycles. The lowest BCUT2D eigenvalue weighted by atomic mass is 10.0. The van der Waals surface area contributed by atoms with Crippen molar-refractivity contribution in [2.45, 2.75) is 65.9 Å². The van der Waals surface area contributed by atoms with Gasteiger partial charge in [-0.1, -0.05) is 45.6 Å². The summed E-state index contributed by atoms with van der Waals surface area (Å²) in [6.45, 7) is 14.5. The molecule has 1 rings (SSSR count). The number of rotatable bonds is 19. The standard InChI is InChI=1S/C33H51F6N7O/c1-8-12-24(5)30(42-6)27(10-3)14-13-25(21-45(11-4)15-17-47-16-9-2)22-46(31(40)43-44(7)41)23-26-18-28(32(34,35)36)20-29(19-26)33(37,38)39/h10,12-13,18-20,42H,3,8-9,11,14-17,21-23,41H2,1-2,4-7H3,(H2,40,43)/b24-12-,25-13+,30-27-. The van der Waals surface area contributed by atoms with E-state index >= 15 is 0 Å². The monoisotopic (exact) mass is 675 g/mol. The maximum absolute atomic E-state index is 13.7. The Hall–Kier alpha value is -3.49. The molecule has 0 saturated carbocycles. The van der Waals surface area contributed by atoms with E-state index in [0.29, 0.717) is 51.4 Å². The minimum absolute atomic E-state index is 0.0379. The summed E-state index contributed by atoms with van der Waals surface area (Å²) >= 11 is 0. The van der Waals surface area contributed by atoms with Gasteiger partial charge in [-0.2, -0.15) is 26.3 Å². The number of benzene rings is 1. The van der Waals surface area contributed by atoms with Crippen molar-refractivity contribution in [2.24, 2.45) is 16.7 Å². The maximum atomic E-state index is 13.7. The van der Waals surface area contributed by atoms with Gasteiger partial charge in [0.1, 0.15) is 0 Å². The Morgan fingerprint density at radius 2 is 1.62 bits per heavy atom. The molecule has 0 aliphatic rings. The van der Waals surface area contributed by atoms with E-state index in [1.165, 1.54) is 11.9 Å². The van der Waals surface area contributed by atoms with Gasteiger partial charge < -0.3 is 20.7 Å². The molecule has 0 heterocycles. The lowest BCUT2D eigenvalue weighted by molar-refractivity contribution is -0.143. The van der Waals surface area contributed by atoms with Crippen LogP contribution >= 0.6 is 0 Å². The molecule has 0 radical (unpaired) electrons. The van der Waals surface area contributed by atoms with Gasteiger partial charge in [-0.15, -0.1) is 5.10 Å². The van der Waals surface area contributed by atoms with Gasteiger partial charge in [0.15, 0.2) is 0 Å². The number of halogens is 6. The Labute approximate surface area is 275 Å². The molecule has 0 unspecified atom stereocenters. The molecule has 5 N–H and O–H groups in total. The second kappa shape index (κ2) is 20.0. The van der Waals surface area contributed by atoms with Crippen molar-refractivity contribution in [1.82, 2.24) is 20.2 Å². The predicted molar refractivity (Wildman–Crippen MR) is 177 cm³/mol. The van der Waals surface area contributed by atoms with Crippen LogP contribution in [-0.4, -0.2) is 74.4 Å². The second-order valence-electron chi connectivity index (χ2n) is 11.0. The summed E-state index contributed by atoms with van der Waals surface area (Å²) in [5.74, 6) is 5.51. The van der Waals surface area contributed by atoms with Gasteiger partial charge in [-0.25, -0.2) is 11.0 Å². The van der Waals surface area contributed by atoms with Gasteiger partial charge >= 0.3 is 12.4 Å². The van der Waals surface area contributed by atoms with Crippen molar-refractivity contribution in [1.29, 1.82) is 0 Å². The fraction of sp³-hybridized carbons (Fsp3) is 0.545. The SMILES string of the molecule is C=C/C(C/C=C(\CN(CC)CCOCCC)CN(Cc1cc(C(F)(F)F)cc(C(F)(F)F)c1)/C(N)=N/N(C)N)=C(NC)\C(C)=C/CC. The summed E-state index contributed by atoms with van der Waals surface area (Å²) in [4.78, 5) is 3.54. The molecule has 14 heteroatoms. The van der Waals surface area contributed by atoms with E-state index in [2.05, 4.69) is 28.0 Å². The van der Waals surface area contributed by atoms with E-state index in [-0.39, 0.29) is 24.1 Å². The number of hydrogen-bond acceptors (Lipinski definition) is 6. The van der Waals surface area contributed by atoms with Crippen molar-refractivity contribution in [3.05, 3.63) is 82.1 Å². The summed E-state index contributed by atoms with van der Waals surface area (Å²) in [5.41, 5.74) is 6.86. The Morgan fingerprint density at radius 1 is 1.00 bits per heavy atom. The molecule has 0 aliphatic carbocycles. The number of allylic oxidation sites excluding steroid dienone is 5. The Morgan fingerprint density at radius 3 is 2.09 bits per heavy atom. The molecule has 0 aromatic heterocycles. The molecular formula is C33H51F6N7O. The lowest BCUT2D eigenvalue weighted by Crippen LogP contribution is -2.42. The largest absolute Gasteiger partial charge is 0.416 e. The zero-order chi connectivity index (χ0) is 35.8. The number of nitrogens with zero attached hydrogens (tertiary/aromatic N) is 4. The highest BCUT2D eigenvalue weighted by Crippen LogP contribution is 2.36. The molecule has 0 aliphatic heterocycles. The Kier molecular flexibility index (Phi) is 17.7. The zero-order valence-corrected chi connectivity index (χ0v) is 28.4. The van der Waals surface area contributed by atoms with E-state index in [0.717, 1.165) is 40.4 Å². The Balaban J connectivity index is 3.74. The molecule has 47 heavy (non-hydrogen) atoms. The van der Waals surface area contributed by atoms with Gasteiger partial charge in [-0.05, 0) is 73.2 Å². The zero-order valence-electron chi connectivity index (χ0n) is 28.4. The van der Waals surface area contributed by atoms with Gasteiger partial charge in [0.05, 0.1) is 17.7 Å². The number of hydrogen-bond donors (Lipinski definition) is 3. The first-order valence-corrected chi connectivity index (χ1v) is 15.5. The summed E-state index contributed by atoms with van der Waals surface area (Å²) in [5, 5.41) is 8.17. The van der Waals surface area contributed by atoms with Gasteiger partial charge in [0.25, 0.3) is 0 Å². The molecule has 1 aromatic rings. The van der Waals surface area contributed by atoms with E-state index in [4.69, 9.17) is 16.3 Å². The van der Waals surface area contributed by atoms with Crippen molar-refractivity contribution >= 4 is 5.96 Å². The molecule has 0 atom stereocenters. The molecule has 0 amide bonds. The van der Waals surface area contributed by atoms with Crippen LogP contribution in [0.25, 0.3) is 0 Å². The lowest BCUT2D eigenvalue weighted by Gasteiger charge is -2.29. The smallest absolute Gasteiger partial charge is 0.388 e. The van der Waals surface area contributed by atoms with Gasteiger partial charge in [0, 0.05) is 52.6 Å². The van der Waals surface area contributed by atoms with Gasteiger partial charge in [0.2, 0.25) is 5.96 Å². The minimum atomic E-state index is -4.99. The van der Waals surface area contributed by atoms with Crippen LogP contribution in [0.5, 0.6) is 0 Å². The van der Waals surface area contributed by atoms with Crippen LogP contribution in [-0.2, 0) is 23.6 Å². The number of nitrogens with two attached hydrogens (primary N) is 2. The van der Waals surface area contributed by atoms with Crippen LogP contribution in [0.15, 0.2) is 70.5 Å². The predicted octanol–water partition coefficient (Wildman–Crippen LogP) is 6.64. The molecule has 8 nitrogen and oxygen atoms in total. The summed E-state index contributed by atoms with van der Waals surface area (Å²) in [6, 6.07) is 1.48. The van der Waals surface area contributed by atoms with Crippen molar-refractivity contribution in [2.75, 3.05) is 53.5 Å². The van der Waals surface area contributed by atoms with Crippen LogP contribution in [0, 0.1) is 0 Å². The van der Waals surface area contributed by atoms with Crippen LogP contribution in [0.1, 0.15) is 63.6 Å². The van der Waals surface area contributed by atoms with E-state index in [1.807, 2.05) is 40.8 Å². The first-order chi connectivity index (χ1) is 22.0. The number of guanidine groups is 1. The Bertz CT molecular complexity index is 1220. The number of hydrazone groups is 1. The first-order valence-electron chi connectivity index (χ1n) is 15.5. The third kappa shape index (κ3) is 14.9. The number of nitrogens with one attached hydrogen (secondary N) is 1. The first kappa shape index (κ1) is 41.5. The summed E-state index contributed by atoms with van der Waals surface area (Å²) in [6.07, 6.45) is -2.02. The highest BCUT2D eigenvalue weighted by Gasteiger charge is 2.37. The maximum Gasteiger partial charge on any atom is 0.416 e. The fourth-order valence-corrected chi connectivity index (χ4v) is 4.84. The third-order valence-electron chi connectivity index (χ3n) is 7.11. The normalized spacial score (nSPS) is 14.0. The quantitative estimate of drug-likeness (QED) is 0.0221.